The lowest BCUT2D eigenvalue weighted by Crippen LogP contribution is -2.22. The maximum absolute atomic E-state index is 11.8. The zero-order chi connectivity index (χ0) is 14.9. The molecule has 1 aliphatic rings. The largest absolute Gasteiger partial charge is 0.482 e. The van der Waals surface area contributed by atoms with E-state index in [9.17, 15) is 4.79 Å². The monoisotopic (exact) mass is 358 g/mol. The Hall–Kier alpha value is -1.11. The number of hydrogen-bond donors (Lipinski definition) is 0. The Morgan fingerprint density at radius 1 is 1.38 bits per heavy atom. The number of alkyl halides is 1. The van der Waals surface area contributed by atoms with Crippen molar-refractivity contribution in [2.75, 3.05) is 18.5 Å². The number of hydrogen-bond acceptors (Lipinski definition) is 5. The minimum absolute atomic E-state index is 0.200. The molecule has 0 aliphatic carbocycles. The summed E-state index contributed by atoms with van der Waals surface area (Å²) in [5.74, 6) is 0.671. The molecule has 1 atom stereocenters. The summed E-state index contributed by atoms with van der Waals surface area (Å²) in [5.41, 5.74) is -0.211. The van der Waals surface area contributed by atoms with Crippen LogP contribution in [0.15, 0.2) is 33.7 Å². The van der Waals surface area contributed by atoms with E-state index in [1.807, 2.05) is 12.2 Å². The van der Waals surface area contributed by atoms with Crippen LogP contribution in [0.5, 0.6) is 5.75 Å². The maximum Gasteiger partial charge on any atom is 0.227 e. The topological polar surface area (TPSA) is 57.9 Å². The van der Waals surface area contributed by atoms with Gasteiger partial charge in [-0.15, -0.1) is 0 Å². The van der Waals surface area contributed by atoms with Crippen molar-refractivity contribution in [1.29, 1.82) is 0 Å². The molecular formula is C15H19BrO5. The van der Waals surface area contributed by atoms with Crippen LogP contribution in [0.25, 0.3) is 0 Å². The van der Waals surface area contributed by atoms with Gasteiger partial charge in [-0.05, 0) is 19.3 Å². The van der Waals surface area contributed by atoms with Crippen molar-refractivity contribution in [2.45, 2.75) is 32.2 Å². The van der Waals surface area contributed by atoms with Gasteiger partial charge in [0.05, 0.1) is 0 Å². The van der Waals surface area contributed by atoms with Gasteiger partial charge in [0.1, 0.15) is 25.2 Å². The highest BCUT2D eigenvalue weighted by molar-refractivity contribution is 9.09. The molecule has 21 heavy (non-hydrogen) atoms. The Labute approximate surface area is 132 Å². The molecule has 2 rings (SSSR count). The average Bonchev–Trinajstić information content (AvgIpc) is 2.52. The van der Waals surface area contributed by atoms with Gasteiger partial charge >= 0.3 is 0 Å². The van der Waals surface area contributed by atoms with Gasteiger partial charge in [-0.1, -0.05) is 28.1 Å². The zero-order valence-electron chi connectivity index (χ0n) is 11.8. The van der Waals surface area contributed by atoms with Gasteiger partial charge in [0, 0.05) is 18.0 Å². The number of rotatable bonds is 7. The molecule has 0 saturated carbocycles. The summed E-state index contributed by atoms with van der Waals surface area (Å²) in [4.78, 5) is 11.8. The predicted octanol–water partition coefficient (Wildman–Crippen LogP) is 3.01. The van der Waals surface area contributed by atoms with Crippen LogP contribution in [0.4, 0.5) is 0 Å². The van der Waals surface area contributed by atoms with Gasteiger partial charge < -0.3 is 18.6 Å². The molecule has 1 saturated heterocycles. The summed E-state index contributed by atoms with van der Waals surface area (Å²) in [6, 6.07) is 1.40. The molecule has 1 aromatic heterocycles. The van der Waals surface area contributed by atoms with E-state index in [0.29, 0.717) is 12.4 Å². The maximum atomic E-state index is 11.8. The fraction of sp³-hybridized carbons (Fsp3) is 0.533. The Balaban J connectivity index is 1.83. The summed E-state index contributed by atoms with van der Waals surface area (Å²) >= 11 is 3.26. The second kappa shape index (κ2) is 9.02. The molecule has 0 radical (unpaired) electrons. The van der Waals surface area contributed by atoms with Crippen molar-refractivity contribution in [2.24, 2.45) is 0 Å². The third-order valence-corrected chi connectivity index (χ3v) is 3.37. The smallest absolute Gasteiger partial charge is 0.227 e. The van der Waals surface area contributed by atoms with Gasteiger partial charge in [0.25, 0.3) is 0 Å². The molecule has 116 valence electrons. The molecule has 1 aliphatic heterocycles. The molecule has 0 amide bonds. The summed E-state index contributed by atoms with van der Waals surface area (Å²) in [5, 5.41) is 0.754. The molecule has 0 bridgehead atoms. The van der Waals surface area contributed by atoms with E-state index < -0.39 is 0 Å². The lowest BCUT2D eigenvalue weighted by atomic mass is 10.2. The van der Waals surface area contributed by atoms with Crippen LogP contribution in [-0.2, 0) is 16.1 Å². The van der Waals surface area contributed by atoms with Crippen LogP contribution in [0, 0.1) is 0 Å². The van der Waals surface area contributed by atoms with Gasteiger partial charge in [0.15, 0.2) is 6.29 Å². The van der Waals surface area contributed by atoms with E-state index in [0.717, 1.165) is 31.2 Å². The van der Waals surface area contributed by atoms with Crippen LogP contribution in [0.2, 0.25) is 0 Å². The average molecular weight is 359 g/mol. The molecular weight excluding hydrogens is 340 g/mol. The van der Waals surface area contributed by atoms with Crippen LogP contribution >= 0.6 is 15.9 Å². The SMILES string of the molecule is O=c1cc(COC2CCCCO2)occ1OCC=CCBr. The van der Waals surface area contributed by atoms with E-state index in [-0.39, 0.29) is 24.1 Å². The summed E-state index contributed by atoms with van der Waals surface area (Å²) in [6.07, 6.45) is 7.90. The third-order valence-electron chi connectivity index (χ3n) is 2.99. The number of allylic oxidation sites excluding steroid dienone is 1. The second-order valence-electron chi connectivity index (χ2n) is 4.62. The van der Waals surface area contributed by atoms with Crippen molar-refractivity contribution in [3.8, 4) is 5.75 Å². The Morgan fingerprint density at radius 3 is 3.00 bits per heavy atom. The summed E-state index contributed by atoms with van der Waals surface area (Å²) < 4.78 is 21.7. The number of ether oxygens (including phenoxy) is 3. The van der Waals surface area contributed by atoms with Crippen molar-refractivity contribution in [1.82, 2.24) is 0 Å². The molecule has 0 N–H and O–H groups in total. The molecule has 0 aromatic carbocycles. The highest BCUT2D eigenvalue weighted by atomic mass is 79.9. The first-order chi connectivity index (χ1) is 10.3. The van der Waals surface area contributed by atoms with Gasteiger partial charge in [0.2, 0.25) is 11.2 Å². The Kier molecular flexibility index (Phi) is 6.99. The molecule has 1 unspecified atom stereocenters. The molecule has 0 spiro atoms. The van der Waals surface area contributed by atoms with Gasteiger partial charge in [-0.25, -0.2) is 0 Å². The van der Waals surface area contributed by atoms with Crippen molar-refractivity contribution in [3.05, 3.63) is 40.5 Å². The fourth-order valence-corrected chi connectivity index (χ4v) is 2.17. The Bertz CT molecular complexity index is 505. The van der Waals surface area contributed by atoms with Gasteiger partial charge in [-0.2, -0.15) is 0 Å². The molecule has 1 aromatic rings. The van der Waals surface area contributed by atoms with Crippen molar-refractivity contribution < 1.29 is 18.6 Å². The van der Waals surface area contributed by atoms with Crippen molar-refractivity contribution >= 4 is 15.9 Å². The molecule has 1 fully saturated rings. The third kappa shape index (κ3) is 5.65. The van der Waals surface area contributed by atoms with E-state index in [1.165, 1.54) is 12.3 Å². The van der Waals surface area contributed by atoms with Crippen LogP contribution < -0.4 is 10.2 Å². The first-order valence-corrected chi connectivity index (χ1v) is 8.10. The summed E-state index contributed by atoms with van der Waals surface area (Å²) in [6.45, 7) is 1.29. The first-order valence-electron chi connectivity index (χ1n) is 6.98. The minimum atomic E-state index is -0.211. The van der Waals surface area contributed by atoms with Crippen LogP contribution in [0.3, 0.4) is 0 Å². The highest BCUT2D eigenvalue weighted by Gasteiger charge is 2.15. The fourth-order valence-electron chi connectivity index (χ4n) is 1.91. The van der Waals surface area contributed by atoms with E-state index in [4.69, 9.17) is 18.6 Å². The lowest BCUT2D eigenvalue weighted by molar-refractivity contribution is -0.171. The molecule has 5 nitrogen and oxygen atoms in total. The zero-order valence-corrected chi connectivity index (χ0v) is 13.3. The van der Waals surface area contributed by atoms with E-state index >= 15 is 0 Å². The molecule has 2 heterocycles. The Morgan fingerprint density at radius 2 is 2.29 bits per heavy atom. The highest BCUT2D eigenvalue weighted by Crippen LogP contribution is 2.15. The second-order valence-corrected chi connectivity index (χ2v) is 5.27. The summed E-state index contributed by atoms with van der Waals surface area (Å²) in [7, 11) is 0. The van der Waals surface area contributed by atoms with Gasteiger partial charge in [-0.3, -0.25) is 4.79 Å². The first kappa shape index (κ1) is 16.3. The standard InChI is InChI=1S/C15H19BrO5/c16-6-2-4-7-18-14-11-20-12(9-13(14)17)10-21-15-5-1-3-8-19-15/h2,4,9,11,15H,1,3,5-8,10H2. The lowest BCUT2D eigenvalue weighted by Gasteiger charge is -2.22. The number of halogens is 1. The normalized spacial score (nSPS) is 19.0. The van der Waals surface area contributed by atoms with Crippen molar-refractivity contribution in [3.63, 3.8) is 0 Å². The minimum Gasteiger partial charge on any atom is -0.482 e. The van der Waals surface area contributed by atoms with E-state index in [2.05, 4.69) is 15.9 Å². The van der Waals surface area contributed by atoms with E-state index in [1.54, 1.807) is 0 Å². The molecule has 6 heteroatoms. The van der Waals surface area contributed by atoms with Crippen LogP contribution in [-0.4, -0.2) is 24.8 Å². The quantitative estimate of drug-likeness (QED) is 0.553. The van der Waals surface area contributed by atoms with Crippen LogP contribution in [0.1, 0.15) is 25.0 Å². The predicted molar refractivity (Wildman–Crippen MR) is 81.8 cm³/mol.